The summed E-state index contributed by atoms with van der Waals surface area (Å²) in [6.45, 7) is 2.34. The normalized spacial score (nSPS) is 26.1. The summed E-state index contributed by atoms with van der Waals surface area (Å²) in [5, 5.41) is 11.9. The number of nitrogens with one attached hydrogen (secondary N) is 1. The number of hydrogen-bond donors (Lipinski definition) is 1. The number of benzene rings is 1. The van der Waals surface area contributed by atoms with E-state index in [-0.39, 0.29) is 18.1 Å². The molecule has 1 saturated carbocycles. The highest BCUT2D eigenvalue weighted by Crippen LogP contribution is 2.42. The van der Waals surface area contributed by atoms with E-state index < -0.39 is 0 Å². The number of rotatable bonds is 6. The summed E-state index contributed by atoms with van der Waals surface area (Å²) in [5.74, 6) is 1.02. The van der Waals surface area contributed by atoms with Gasteiger partial charge in [-0.1, -0.05) is 17.3 Å². The van der Waals surface area contributed by atoms with Gasteiger partial charge in [0.05, 0.1) is 29.6 Å². The van der Waals surface area contributed by atoms with Crippen molar-refractivity contribution in [2.24, 2.45) is 11.8 Å². The molecule has 2 fully saturated rings. The fourth-order valence-corrected chi connectivity index (χ4v) is 5.02. The van der Waals surface area contributed by atoms with Crippen molar-refractivity contribution in [2.45, 2.75) is 31.5 Å². The van der Waals surface area contributed by atoms with E-state index in [1.54, 1.807) is 7.11 Å². The van der Waals surface area contributed by atoms with Crippen LogP contribution in [0.4, 0.5) is 5.69 Å². The van der Waals surface area contributed by atoms with Crippen molar-refractivity contribution in [1.82, 2.24) is 24.8 Å². The maximum atomic E-state index is 13.2. The lowest BCUT2D eigenvalue weighted by Crippen LogP contribution is -2.37. The second kappa shape index (κ2) is 8.73. The zero-order valence-corrected chi connectivity index (χ0v) is 18.3. The number of carbonyl (C=O) groups excluding carboxylic acids is 1. The highest BCUT2D eigenvalue weighted by atomic mass is 16.5. The number of ether oxygens (including phenoxy) is 1. The van der Waals surface area contributed by atoms with Crippen molar-refractivity contribution < 1.29 is 9.53 Å². The molecule has 30 heavy (non-hydrogen) atoms. The first kappa shape index (κ1) is 20.8. The van der Waals surface area contributed by atoms with E-state index in [4.69, 9.17) is 4.74 Å². The van der Waals surface area contributed by atoms with Gasteiger partial charge in [0.1, 0.15) is 0 Å². The molecule has 0 bridgehead atoms. The molecule has 8 nitrogen and oxygen atoms in total. The predicted octanol–water partition coefficient (Wildman–Crippen LogP) is 2.12. The van der Waals surface area contributed by atoms with Crippen LogP contribution in [-0.4, -0.2) is 78.1 Å². The van der Waals surface area contributed by atoms with E-state index in [1.807, 2.05) is 61.2 Å². The number of hydrogen-bond acceptors (Lipinski definition) is 6. The summed E-state index contributed by atoms with van der Waals surface area (Å²) in [7, 11) is 7.68. The molecule has 0 radical (unpaired) electrons. The van der Waals surface area contributed by atoms with Crippen molar-refractivity contribution in [1.29, 1.82) is 0 Å². The number of amides is 1. The van der Waals surface area contributed by atoms with Crippen molar-refractivity contribution >= 4 is 11.6 Å². The van der Waals surface area contributed by atoms with Crippen molar-refractivity contribution in [2.75, 3.05) is 46.7 Å². The minimum absolute atomic E-state index is 0.0832. The molecule has 1 amide bonds. The van der Waals surface area contributed by atoms with Crippen molar-refractivity contribution in [3.8, 4) is 0 Å². The number of nitrogens with zero attached hydrogens (tertiary/aromatic N) is 5. The van der Waals surface area contributed by atoms with E-state index in [0.29, 0.717) is 11.8 Å². The Morgan fingerprint density at radius 1 is 1.23 bits per heavy atom. The third-order valence-corrected chi connectivity index (χ3v) is 6.48. The second-order valence-electron chi connectivity index (χ2n) is 8.77. The van der Waals surface area contributed by atoms with Gasteiger partial charge in [-0.25, -0.2) is 4.68 Å². The number of likely N-dealkylation sites (tertiary alicyclic amines) is 1. The third-order valence-electron chi connectivity index (χ3n) is 6.48. The molecule has 1 aromatic heterocycles. The largest absolute Gasteiger partial charge is 0.387 e. The number of fused-ring (bicyclic) bond motifs is 1. The van der Waals surface area contributed by atoms with Crippen LogP contribution in [0.3, 0.4) is 0 Å². The quantitative estimate of drug-likeness (QED) is 0.783. The molecule has 1 N–H and O–H groups in total. The molecule has 0 spiro atoms. The summed E-state index contributed by atoms with van der Waals surface area (Å²) in [6, 6.07) is 7.87. The summed E-state index contributed by atoms with van der Waals surface area (Å²) < 4.78 is 7.84. The maximum absolute atomic E-state index is 13.2. The molecule has 1 saturated heterocycles. The van der Waals surface area contributed by atoms with Gasteiger partial charge in [-0.2, -0.15) is 0 Å². The number of aromatic nitrogens is 3. The second-order valence-corrected chi connectivity index (χ2v) is 8.77. The van der Waals surface area contributed by atoms with Gasteiger partial charge in [-0.3, -0.25) is 4.79 Å². The predicted molar refractivity (Wildman–Crippen MR) is 115 cm³/mol. The topological polar surface area (TPSA) is 75.5 Å². The average Bonchev–Trinajstić information content (AvgIpc) is 3.38. The number of para-hydroxylation sites is 1. The molecular weight excluding hydrogens is 380 g/mol. The van der Waals surface area contributed by atoms with Gasteiger partial charge in [0, 0.05) is 39.5 Å². The van der Waals surface area contributed by atoms with E-state index in [1.165, 1.54) is 0 Å². The zero-order valence-electron chi connectivity index (χ0n) is 18.3. The van der Waals surface area contributed by atoms with Crippen LogP contribution in [-0.2, 0) is 11.3 Å². The maximum Gasteiger partial charge on any atom is 0.255 e. The van der Waals surface area contributed by atoms with Crippen LogP contribution in [0.15, 0.2) is 30.5 Å². The molecule has 162 valence electrons. The number of methoxy groups -OCH3 is 1. The molecule has 4 rings (SSSR count). The standard InChI is InChI=1S/C22H32N6O2/c1-23-19-8-6-5-7-18(19)22(29)27-11-15-9-20(21(30-4)10-16(15)12-27)28-14-17(24-25-28)13-26(2)3/h5-8,14-16,20-21,23H,9-13H2,1-4H3/t15-,16+,20-,21-/m1/s1. The van der Waals surface area contributed by atoms with Crippen LogP contribution >= 0.6 is 0 Å². The summed E-state index contributed by atoms with van der Waals surface area (Å²) in [4.78, 5) is 17.3. The van der Waals surface area contributed by atoms with Crippen LogP contribution in [0.25, 0.3) is 0 Å². The van der Waals surface area contributed by atoms with Crippen LogP contribution < -0.4 is 5.32 Å². The van der Waals surface area contributed by atoms with E-state index in [9.17, 15) is 4.79 Å². The highest BCUT2D eigenvalue weighted by Gasteiger charge is 2.45. The monoisotopic (exact) mass is 412 g/mol. The van der Waals surface area contributed by atoms with Crippen LogP contribution in [0.5, 0.6) is 0 Å². The number of carbonyl (C=O) groups is 1. The summed E-state index contributed by atoms with van der Waals surface area (Å²) in [5.41, 5.74) is 2.58. The van der Waals surface area contributed by atoms with E-state index in [0.717, 1.165) is 49.4 Å². The molecule has 8 heteroatoms. The Kier molecular flexibility index (Phi) is 6.06. The Hall–Kier alpha value is -2.45. The lowest BCUT2D eigenvalue weighted by molar-refractivity contribution is -0.00547. The first-order chi connectivity index (χ1) is 14.5. The Balaban J connectivity index is 1.49. The highest BCUT2D eigenvalue weighted by molar-refractivity contribution is 5.99. The molecule has 1 aliphatic carbocycles. The van der Waals surface area contributed by atoms with Gasteiger partial charge in [0.15, 0.2) is 0 Å². The first-order valence-corrected chi connectivity index (χ1v) is 10.6. The Bertz CT molecular complexity index is 882. The van der Waals surface area contributed by atoms with Gasteiger partial charge >= 0.3 is 0 Å². The van der Waals surface area contributed by atoms with Gasteiger partial charge in [0.25, 0.3) is 5.91 Å². The fraction of sp³-hybridized carbons (Fsp3) is 0.591. The third kappa shape index (κ3) is 4.06. The van der Waals surface area contributed by atoms with Crippen LogP contribution in [0.1, 0.15) is 34.9 Å². The van der Waals surface area contributed by atoms with Gasteiger partial charge in [-0.05, 0) is 50.9 Å². The average molecular weight is 413 g/mol. The molecular formula is C22H32N6O2. The Morgan fingerprint density at radius 2 is 1.97 bits per heavy atom. The van der Waals surface area contributed by atoms with Gasteiger partial charge < -0.3 is 19.9 Å². The van der Waals surface area contributed by atoms with Crippen molar-refractivity contribution in [3.05, 3.63) is 41.7 Å². The van der Waals surface area contributed by atoms with Crippen molar-refractivity contribution in [3.63, 3.8) is 0 Å². The SMILES string of the molecule is CNc1ccccc1C(=O)N1C[C@H]2C[C@@H](n3cc(CN(C)C)nn3)[C@H](OC)C[C@H]2C1. The van der Waals surface area contributed by atoms with Gasteiger partial charge in [-0.15, -0.1) is 5.10 Å². The van der Waals surface area contributed by atoms with Crippen LogP contribution in [0, 0.1) is 11.8 Å². The minimum atomic E-state index is 0.0832. The first-order valence-electron chi connectivity index (χ1n) is 10.6. The van der Waals surface area contributed by atoms with E-state index >= 15 is 0 Å². The lowest BCUT2D eigenvalue weighted by atomic mass is 9.77. The molecule has 0 unspecified atom stereocenters. The minimum Gasteiger partial charge on any atom is -0.387 e. The Labute approximate surface area is 178 Å². The Morgan fingerprint density at radius 3 is 2.67 bits per heavy atom. The fourth-order valence-electron chi connectivity index (χ4n) is 5.02. The molecule has 1 aliphatic heterocycles. The molecule has 2 heterocycles. The van der Waals surface area contributed by atoms with Gasteiger partial charge in [0.2, 0.25) is 0 Å². The summed E-state index contributed by atoms with van der Waals surface area (Å²) >= 11 is 0. The molecule has 1 aromatic carbocycles. The smallest absolute Gasteiger partial charge is 0.255 e. The van der Waals surface area contributed by atoms with Crippen LogP contribution in [0.2, 0.25) is 0 Å². The number of anilines is 1. The van der Waals surface area contributed by atoms with E-state index in [2.05, 4.69) is 20.5 Å². The summed E-state index contributed by atoms with van der Waals surface area (Å²) in [6.07, 6.45) is 4.01. The lowest BCUT2D eigenvalue weighted by Gasteiger charge is -2.36. The molecule has 2 aliphatic rings. The zero-order chi connectivity index (χ0) is 21.3. The molecule has 4 atom stereocenters. The molecule has 2 aromatic rings.